The van der Waals surface area contributed by atoms with E-state index in [1.807, 2.05) is 0 Å². The number of nitrogens with zero attached hydrogens (tertiary/aromatic N) is 3. The van der Waals surface area contributed by atoms with Gasteiger partial charge >= 0.3 is 12.1 Å². The van der Waals surface area contributed by atoms with Gasteiger partial charge in [0.2, 0.25) is 5.88 Å². The first kappa shape index (κ1) is 19.1. The van der Waals surface area contributed by atoms with E-state index in [0.717, 1.165) is 6.33 Å². The molecular weight excluding hydrogens is 407 g/mol. The molecule has 1 aromatic carbocycles. The van der Waals surface area contributed by atoms with Crippen LogP contribution in [-0.2, 0) is 17.5 Å². The third kappa shape index (κ3) is 5.14. The number of alkyl halides is 3. The molecule has 11 heteroatoms. The number of hydrogen-bond acceptors (Lipinski definition) is 7. The molecule has 0 spiro atoms. The Bertz CT molecular complexity index is 948. The molecule has 0 aliphatic carbocycles. The summed E-state index contributed by atoms with van der Waals surface area (Å²) in [5.74, 6) is -0.644. The molecule has 0 radical (unpaired) electrons. The van der Waals surface area contributed by atoms with Crippen LogP contribution in [0.5, 0.6) is 11.6 Å². The van der Waals surface area contributed by atoms with Crippen LogP contribution in [-0.4, -0.2) is 20.9 Å². The summed E-state index contributed by atoms with van der Waals surface area (Å²) in [6, 6.07) is 6.35. The van der Waals surface area contributed by atoms with Gasteiger partial charge in [-0.3, -0.25) is 0 Å². The standard InChI is InChI=1S/C16H9ClF3N3O3S/c17-15-21-6-11(27-15)7-25-14(24)9-1-3-10(4-2-9)26-13-5-12(16(18,19)20)22-8-23-13/h1-6,8H,7H2. The largest absolute Gasteiger partial charge is 0.456 e. The summed E-state index contributed by atoms with van der Waals surface area (Å²) in [6.07, 6.45) is -2.33. The zero-order valence-corrected chi connectivity index (χ0v) is 14.8. The van der Waals surface area contributed by atoms with E-state index >= 15 is 0 Å². The first-order chi connectivity index (χ1) is 12.8. The number of hydrogen-bond donors (Lipinski definition) is 0. The highest BCUT2D eigenvalue weighted by molar-refractivity contribution is 7.15. The molecule has 2 heterocycles. The fourth-order valence-corrected chi connectivity index (χ4v) is 2.79. The second-order valence-corrected chi connectivity index (χ2v) is 6.72. The van der Waals surface area contributed by atoms with Crippen LogP contribution in [0.25, 0.3) is 0 Å². The van der Waals surface area contributed by atoms with Crippen LogP contribution in [0, 0.1) is 0 Å². The number of carbonyl (C=O) groups is 1. The minimum absolute atomic E-state index is 0.0304. The van der Waals surface area contributed by atoms with Crippen LogP contribution in [0.3, 0.4) is 0 Å². The van der Waals surface area contributed by atoms with Gasteiger partial charge in [0.15, 0.2) is 10.2 Å². The van der Waals surface area contributed by atoms with Crippen molar-refractivity contribution in [1.29, 1.82) is 0 Å². The molecule has 0 bridgehead atoms. The van der Waals surface area contributed by atoms with Gasteiger partial charge in [-0.25, -0.2) is 19.7 Å². The molecule has 0 unspecified atom stereocenters. The zero-order valence-electron chi connectivity index (χ0n) is 13.2. The van der Waals surface area contributed by atoms with Gasteiger partial charge in [0.05, 0.1) is 10.4 Å². The summed E-state index contributed by atoms with van der Waals surface area (Å²) in [5, 5.41) is 0. The molecular formula is C16H9ClF3N3O3S. The fraction of sp³-hybridized carbons (Fsp3) is 0.125. The van der Waals surface area contributed by atoms with Gasteiger partial charge < -0.3 is 9.47 Å². The summed E-state index contributed by atoms with van der Waals surface area (Å²) in [5.41, 5.74) is -0.868. The first-order valence-electron chi connectivity index (χ1n) is 7.26. The maximum absolute atomic E-state index is 12.6. The number of thiazole rings is 1. The quantitative estimate of drug-likeness (QED) is 0.559. The van der Waals surface area contributed by atoms with Gasteiger partial charge in [-0.05, 0) is 24.3 Å². The lowest BCUT2D eigenvalue weighted by atomic mass is 10.2. The van der Waals surface area contributed by atoms with Crippen molar-refractivity contribution < 1.29 is 27.4 Å². The Kier molecular flexibility index (Phi) is 5.57. The van der Waals surface area contributed by atoms with Gasteiger partial charge in [-0.15, -0.1) is 11.3 Å². The van der Waals surface area contributed by atoms with Crippen LogP contribution in [0.1, 0.15) is 20.9 Å². The predicted octanol–water partition coefficient (Wildman–Crippen LogP) is 4.75. The van der Waals surface area contributed by atoms with E-state index in [0.29, 0.717) is 15.4 Å². The molecule has 140 valence electrons. The summed E-state index contributed by atoms with van der Waals surface area (Å²) in [4.78, 5) is 23.3. The monoisotopic (exact) mass is 415 g/mol. The second kappa shape index (κ2) is 7.89. The fourth-order valence-electron chi connectivity index (χ4n) is 1.90. The topological polar surface area (TPSA) is 74.2 Å². The summed E-state index contributed by atoms with van der Waals surface area (Å²) in [7, 11) is 0. The van der Waals surface area contributed by atoms with Crippen molar-refractivity contribution in [2.24, 2.45) is 0 Å². The van der Waals surface area contributed by atoms with Crippen molar-refractivity contribution in [3.05, 3.63) is 63.5 Å². The molecule has 0 aliphatic rings. The molecule has 0 saturated heterocycles. The number of benzene rings is 1. The predicted molar refractivity (Wildman–Crippen MR) is 89.8 cm³/mol. The van der Waals surface area contributed by atoms with Crippen LogP contribution >= 0.6 is 22.9 Å². The van der Waals surface area contributed by atoms with Crippen molar-refractivity contribution in [1.82, 2.24) is 15.0 Å². The summed E-state index contributed by atoms with van der Waals surface area (Å²) in [6.45, 7) is 0.0304. The van der Waals surface area contributed by atoms with E-state index in [4.69, 9.17) is 21.1 Å². The Morgan fingerprint density at radius 3 is 2.52 bits per heavy atom. The normalized spacial score (nSPS) is 11.3. The summed E-state index contributed by atoms with van der Waals surface area (Å²) < 4.78 is 48.6. The minimum atomic E-state index is -4.60. The van der Waals surface area contributed by atoms with Crippen molar-refractivity contribution in [2.45, 2.75) is 12.8 Å². The number of rotatable bonds is 5. The van der Waals surface area contributed by atoms with E-state index in [9.17, 15) is 18.0 Å². The smallest absolute Gasteiger partial charge is 0.433 e. The minimum Gasteiger partial charge on any atom is -0.456 e. The van der Waals surface area contributed by atoms with Crippen molar-refractivity contribution in [3.63, 3.8) is 0 Å². The van der Waals surface area contributed by atoms with E-state index in [-0.39, 0.29) is 23.8 Å². The van der Waals surface area contributed by atoms with E-state index in [1.165, 1.54) is 41.8 Å². The zero-order chi connectivity index (χ0) is 19.4. The number of aromatic nitrogens is 3. The Morgan fingerprint density at radius 1 is 1.15 bits per heavy atom. The van der Waals surface area contributed by atoms with Crippen LogP contribution in [0.2, 0.25) is 4.47 Å². The number of carbonyl (C=O) groups excluding carboxylic acids is 1. The van der Waals surface area contributed by atoms with E-state index in [1.54, 1.807) is 0 Å². The molecule has 27 heavy (non-hydrogen) atoms. The molecule has 0 saturated carbocycles. The van der Waals surface area contributed by atoms with Gasteiger partial charge in [-0.1, -0.05) is 11.6 Å². The molecule has 0 fully saturated rings. The van der Waals surface area contributed by atoms with E-state index in [2.05, 4.69) is 15.0 Å². The molecule has 0 aliphatic heterocycles. The van der Waals surface area contributed by atoms with Crippen molar-refractivity contribution in [2.75, 3.05) is 0 Å². The Labute approximate surface area is 159 Å². The molecule has 3 rings (SSSR count). The molecule has 3 aromatic rings. The van der Waals surface area contributed by atoms with Gasteiger partial charge in [-0.2, -0.15) is 13.2 Å². The second-order valence-electron chi connectivity index (χ2n) is 5.02. The van der Waals surface area contributed by atoms with Crippen LogP contribution in [0.15, 0.2) is 42.9 Å². The molecule has 0 N–H and O–H groups in total. The Morgan fingerprint density at radius 2 is 1.89 bits per heavy atom. The average Bonchev–Trinajstić information content (AvgIpc) is 3.05. The highest BCUT2D eigenvalue weighted by atomic mass is 35.5. The SMILES string of the molecule is O=C(OCc1cnc(Cl)s1)c1ccc(Oc2cc(C(F)(F)F)ncn2)cc1. The first-order valence-corrected chi connectivity index (χ1v) is 8.45. The lowest BCUT2D eigenvalue weighted by molar-refractivity contribution is -0.141. The highest BCUT2D eigenvalue weighted by Crippen LogP contribution is 2.30. The lowest BCUT2D eigenvalue weighted by Gasteiger charge is -2.08. The van der Waals surface area contributed by atoms with Crippen LogP contribution < -0.4 is 4.74 Å². The third-order valence-corrected chi connectivity index (χ3v) is 4.20. The number of esters is 1. The maximum Gasteiger partial charge on any atom is 0.433 e. The third-order valence-electron chi connectivity index (χ3n) is 3.12. The van der Waals surface area contributed by atoms with Gasteiger partial charge in [0, 0.05) is 12.3 Å². The van der Waals surface area contributed by atoms with Gasteiger partial charge in [0.25, 0.3) is 0 Å². The molecule has 0 amide bonds. The van der Waals surface area contributed by atoms with Crippen molar-refractivity contribution >= 4 is 28.9 Å². The summed E-state index contributed by atoms with van der Waals surface area (Å²) >= 11 is 6.89. The van der Waals surface area contributed by atoms with Crippen LogP contribution in [0.4, 0.5) is 13.2 Å². The molecule has 0 atom stereocenters. The number of ether oxygens (including phenoxy) is 2. The lowest BCUT2D eigenvalue weighted by Crippen LogP contribution is -2.08. The van der Waals surface area contributed by atoms with Gasteiger partial charge in [0.1, 0.15) is 18.7 Å². The Balaban J connectivity index is 1.62. The maximum atomic E-state index is 12.6. The van der Waals surface area contributed by atoms with Crippen molar-refractivity contribution in [3.8, 4) is 11.6 Å². The molecule has 2 aromatic heterocycles. The number of halogens is 4. The highest BCUT2D eigenvalue weighted by Gasteiger charge is 2.33. The average molecular weight is 416 g/mol. The van der Waals surface area contributed by atoms with E-state index < -0.39 is 17.8 Å². The Hall–Kier alpha value is -2.72. The molecule has 6 nitrogen and oxygen atoms in total.